The molecule has 0 saturated heterocycles. The molecule has 1 fully saturated rings. The Hall–Kier alpha value is -1.56. The monoisotopic (exact) mass is 338 g/mol. The summed E-state index contributed by atoms with van der Waals surface area (Å²) in [4.78, 5) is 12.1. The van der Waals surface area contributed by atoms with E-state index in [1.807, 2.05) is 19.1 Å². The lowest BCUT2D eigenvalue weighted by Gasteiger charge is -2.25. The SMILES string of the molecule is Cc1ccc(N(CCC(=O)NC2CCCCC2)S(C)(=O)=O)cc1. The number of carbonyl (C=O) groups excluding carboxylic acids is 1. The number of anilines is 1. The van der Waals surface area contributed by atoms with Crippen LogP contribution in [0.2, 0.25) is 0 Å². The number of nitrogens with zero attached hydrogens (tertiary/aromatic N) is 1. The predicted octanol–water partition coefficient (Wildman–Crippen LogP) is 2.60. The smallest absolute Gasteiger partial charge is 0.232 e. The highest BCUT2D eigenvalue weighted by molar-refractivity contribution is 7.92. The Bertz CT molecular complexity index is 620. The van der Waals surface area contributed by atoms with E-state index in [-0.39, 0.29) is 24.9 Å². The number of aryl methyl sites for hydroxylation is 1. The number of hydrogen-bond donors (Lipinski definition) is 1. The standard InChI is InChI=1S/C17H26N2O3S/c1-14-8-10-16(11-9-14)19(23(2,21)22)13-12-17(20)18-15-6-4-3-5-7-15/h8-11,15H,3-7,12-13H2,1-2H3,(H,18,20). The molecule has 0 aromatic heterocycles. The second kappa shape index (κ2) is 7.81. The first kappa shape index (κ1) is 17.8. The molecule has 0 radical (unpaired) electrons. The molecule has 1 N–H and O–H groups in total. The predicted molar refractivity (Wildman–Crippen MR) is 93.0 cm³/mol. The van der Waals surface area contributed by atoms with Gasteiger partial charge in [0.2, 0.25) is 15.9 Å². The number of hydrogen-bond acceptors (Lipinski definition) is 3. The number of sulfonamides is 1. The molecule has 23 heavy (non-hydrogen) atoms. The summed E-state index contributed by atoms with van der Waals surface area (Å²) in [6, 6.07) is 7.54. The Morgan fingerprint density at radius 1 is 1.17 bits per heavy atom. The van der Waals surface area contributed by atoms with E-state index in [0.717, 1.165) is 31.2 Å². The van der Waals surface area contributed by atoms with Gasteiger partial charge in [0.25, 0.3) is 0 Å². The van der Waals surface area contributed by atoms with Gasteiger partial charge in [-0.25, -0.2) is 8.42 Å². The lowest BCUT2D eigenvalue weighted by Crippen LogP contribution is -2.39. The molecule has 1 aliphatic rings. The normalized spacial score (nSPS) is 16.1. The van der Waals surface area contributed by atoms with Crippen molar-refractivity contribution in [1.82, 2.24) is 5.32 Å². The van der Waals surface area contributed by atoms with Gasteiger partial charge in [0.05, 0.1) is 11.9 Å². The van der Waals surface area contributed by atoms with Crippen LogP contribution in [-0.4, -0.2) is 33.2 Å². The van der Waals surface area contributed by atoms with Gasteiger partial charge in [-0.3, -0.25) is 9.10 Å². The molecule has 1 aliphatic carbocycles. The van der Waals surface area contributed by atoms with Crippen molar-refractivity contribution in [2.45, 2.75) is 51.5 Å². The number of amides is 1. The van der Waals surface area contributed by atoms with E-state index in [1.165, 1.54) is 17.0 Å². The van der Waals surface area contributed by atoms with E-state index < -0.39 is 10.0 Å². The number of benzene rings is 1. The van der Waals surface area contributed by atoms with E-state index in [0.29, 0.717) is 5.69 Å². The molecule has 0 spiro atoms. The third kappa shape index (κ3) is 5.53. The van der Waals surface area contributed by atoms with Crippen LogP contribution >= 0.6 is 0 Å². The summed E-state index contributed by atoms with van der Waals surface area (Å²) in [6.07, 6.45) is 6.96. The van der Waals surface area contributed by atoms with Crippen LogP contribution in [0.5, 0.6) is 0 Å². The summed E-state index contributed by atoms with van der Waals surface area (Å²) in [5.74, 6) is -0.0716. The molecule has 0 aliphatic heterocycles. The molecule has 0 unspecified atom stereocenters. The largest absolute Gasteiger partial charge is 0.353 e. The molecule has 6 heteroatoms. The van der Waals surface area contributed by atoms with Crippen LogP contribution in [0, 0.1) is 6.92 Å². The Morgan fingerprint density at radius 2 is 1.78 bits per heavy atom. The van der Waals surface area contributed by atoms with Gasteiger partial charge in [-0.15, -0.1) is 0 Å². The average Bonchev–Trinajstić information content (AvgIpc) is 2.49. The molecule has 1 aromatic carbocycles. The lowest BCUT2D eigenvalue weighted by atomic mass is 9.95. The van der Waals surface area contributed by atoms with Gasteiger partial charge in [0.15, 0.2) is 0 Å². The zero-order valence-electron chi connectivity index (χ0n) is 13.9. The summed E-state index contributed by atoms with van der Waals surface area (Å²) < 4.78 is 25.3. The van der Waals surface area contributed by atoms with Crippen LogP contribution in [-0.2, 0) is 14.8 Å². The van der Waals surface area contributed by atoms with Crippen LogP contribution in [0.4, 0.5) is 5.69 Å². The number of nitrogens with one attached hydrogen (secondary N) is 1. The van der Waals surface area contributed by atoms with Gasteiger partial charge in [-0.1, -0.05) is 37.0 Å². The van der Waals surface area contributed by atoms with E-state index in [4.69, 9.17) is 0 Å². The van der Waals surface area contributed by atoms with Gasteiger partial charge in [-0.05, 0) is 31.9 Å². The van der Waals surface area contributed by atoms with Crippen molar-refractivity contribution in [2.75, 3.05) is 17.1 Å². The lowest BCUT2D eigenvalue weighted by molar-refractivity contribution is -0.121. The van der Waals surface area contributed by atoms with Crippen molar-refractivity contribution < 1.29 is 13.2 Å². The van der Waals surface area contributed by atoms with Crippen LogP contribution in [0.25, 0.3) is 0 Å². The van der Waals surface area contributed by atoms with Gasteiger partial charge in [0.1, 0.15) is 0 Å². The highest BCUT2D eigenvalue weighted by Gasteiger charge is 2.20. The fourth-order valence-electron chi connectivity index (χ4n) is 2.95. The minimum absolute atomic E-state index is 0.0716. The van der Waals surface area contributed by atoms with Gasteiger partial charge in [-0.2, -0.15) is 0 Å². The zero-order chi connectivity index (χ0) is 16.9. The van der Waals surface area contributed by atoms with Crippen LogP contribution in [0.3, 0.4) is 0 Å². The molecule has 1 amide bonds. The summed E-state index contributed by atoms with van der Waals surface area (Å²) in [6.45, 7) is 2.12. The first-order valence-corrected chi connectivity index (χ1v) is 10.0. The summed E-state index contributed by atoms with van der Waals surface area (Å²) in [5.41, 5.74) is 1.67. The van der Waals surface area contributed by atoms with Crippen molar-refractivity contribution in [3.63, 3.8) is 0 Å². The molecule has 0 atom stereocenters. The summed E-state index contributed by atoms with van der Waals surface area (Å²) in [5, 5.41) is 3.03. The maximum Gasteiger partial charge on any atom is 0.232 e. The van der Waals surface area contributed by atoms with Gasteiger partial charge >= 0.3 is 0 Å². The van der Waals surface area contributed by atoms with Crippen LogP contribution < -0.4 is 9.62 Å². The Kier molecular flexibility index (Phi) is 6.04. The van der Waals surface area contributed by atoms with Gasteiger partial charge in [0, 0.05) is 19.0 Å². The quantitative estimate of drug-likeness (QED) is 0.867. The van der Waals surface area contributed by atoms with Crippen molar-refractivity contribution in [3.8, 4) is 0 Å². The fourth-order valence-corrected chi connectivity index (χ4v) is 3.87. The van der Waals surface area contributed by atoms with E-state index in [1.54, 1.807) is 12.1 Å². The minimum Gasteiger partial charge on any atom is -0.353 e. The highest BCUT2D eigenvalue weighted by atomic mass is 32.2. The molecule has 0 bridgehead atoms. The molecule has 5 nitrogen and oxygen atoms in total. The maximum atomic E-state index is 12.1. The second-order valence-electron chi connectivity index (χ2n) is 6.32. The van der Waals surface area contributed by atoms with Crippen molar-refractivity contribution in [2.24, 2.45) is 0 Å². The minimum atomic E-state index is -3.41. The molecular formula is C17H26N2O3S. The molecule has 2 rings (SSSR count). The topological polar surface area (TPSA) is 66.5 Å². The molecule has 128 valence electrons. The average molecular weight is 338 g/mol. The maximum absolute atomic E-state index is 12.1. The van der Waals surface area contributed by atoms with Crippen LogP contribution in [0.1, 0.15) is 44.1 Å². The van der Waals surface area contributed by atoms with E-state index in [9.17, 15) is 13.2 Å². The Balaban J connectivity index is 1.95. The van der Waals surface area contributed by atoms with Gasteiger partial charge < -0.3 is 5.32 Å². The summed E-state index contributed by atoms with van der Waals surface area (Å²) >= 11 is 0. The fraction of sp³-hybridized carbons (Fsp3) is 0.588. The zero-order valence-corrected chi connectivity index (χ0v) is 14.7. The van der Waals surface area contributed by atoms with Crippen LogP contribution in [0.15, 0.2) is 24.3 Å². The highest BCUT2D eigenvalue weighted by Crippen LogP contribution is 2.19. The molecule has 1 aromatic rings. The summed E-state index contributed by atoms with van der Waals surface area (Å²) in [7, 11) is -3.41. The first-order chi connectivity index (χ1) is 10.9. The van der Waals surface area contributed by atoms with Crippen molar-refractivity contribution in [3.05, 3.63) is 29.8 Å². The number of rotatable bonds is 6. The Morgan fingerprint density at radius 3 is 2.35 bits per heavy atom. The van der Waals surface area contributed by atoms with Crippen molar-refractivity contribution >= 4 is 21.6 Å². The third-order valence-electron chi connectivity index (χ3n) is 4.23. The number of carbonyl (C=O) groups is 1. The molecular weight excluding hydrogens is 312 g/mol. The molecule has 0 heterocycles. The first-order valence-electron chi connectivity index (χ1n) is 8.20. The second-order valence-corrected chi connectivity index (χ2v) is 8.23. The van der Waals surface area contributed by atoms with Crippen molar-refractivity contribution in [1.29, 1.82) is 0 Å². The third-order valence-corrected chi connectivity index (χ3v) is 5.43. The van der Waals surface area contributed by atoms with E-state index in [2.05, 4.69) is 5.32 Å². The molecule has 1 saturated carbocycles. The van der Waals surface area contributed by atoms with E-state index >= 15 is 0 Å². The Labute approximate surface area is 139 Å².